The molecule has 2 saturated carbocycles. The summed E-state index contributed by atoms with van der Waals surface area (Å²) in [6.45, 7) is 7.78. The quantitative estimate of drug-likeness (QED) is 0.380. The maximum atomic E-state index is 13.2. The number of likely N-dealkylation sites (tertiary alicyclic amines) is 1. The smallest absolute Gasteiger partial charge is 0.359 e. The van der Waals surface area contributed by atoms with Crippen LogP contribution in [0.3, 0.4) is 0 Å². The van der Waals surface area contributed by atoms with Crippen molar-refractivity contribution in [1.82, 2.24) is 10.2 Å². The van der Waals surface area contributed by atoms with Crippen molar-refractivity contribution in [2.45, 2.75) is 64.3 Å². The van der Waals surface area contributed by atoms with Gasteiger partial charge in [-0.15, -0.1) is 0 Å². The zero-order valence-electron chi connectivity index (χ0n) is 18.7. The van der Waals surface area contributed by atoms with E-state index >= 15 is 0 Å². The molecule has 2 aliphatic carbocycles. The predicted octanol–water partition coefficient (Wildman–Crippen LogP) is 6.30. The summed E-state index contributed by atoms with van der Waals surface area (Å²) in [5, 5.41) is 5.86. The maximum Gasteiger partial charge on any atom is 0.416 e. The highest BCUT2D eigenvalue weighted by atomic mass is 32.1. The van der Waals surface area contributed by atoms with Crippen molar-refractivity contribution >= 4 is 23.0 Å². The number of hydrogen-bond donors (Lipinski definition) is 2. The van der Waals surface area contributed by atoms with Crippen molar-refractivity contribution in [3.8, 4) is 0 Å². The molecule has 4 atom stereocenters. The van der Waals surface area contributed by atoms with Gasteiger partial charge in [-0.2, -0.15) is 26.3 Å². The molecular weight excluding hydrogens is 464 g/mol. The minimum absolute atomic E-state index is 0.0109. The van der Waals surface area contributed by atoms with Crippen molar-refractivity contribution in [3.63, 3.8) is 0 Å². The summed E-state index contributed by atoms with van der Waals surface area (Å²) in [5.74, 6) is 0.508. The van der Waals surface area contributed by atoms with Gasteiger partial charge >= 0.3 is 12.4 Å². The van der Waals surface area contributed by atoms with Gasteiger partial charge in [-0.3, -0.25) is 0 Å². The van der Waals surface area contributed by atoms with Crippen molar-refractivity contribution < 1.29 is 26.3 Å². The Morgan fingerprint density at radius 1 is 1.03 bits per heavy atom. The summed E-state index contributed by atoms with van der Waals surface area (Å²) in [6.07, 6.45) is -4.34. The van der Waals surface area contributed by atoms with Crippen LogP contribution >= 0.6 is 12.2 Å². The summed E-state index contributed by atoms with van der Waals surface area (Å²) < 4.78 is 78.9. The van der Waals surface area contributed by atoms with E-state index in [2.05, 4.69) is 29.4 Å². The average molecular weight is 494 g/mol. The number of halogens is 6. The second kappa shape index (κ2) is 8.29. The van der Waals surface area contributed by atoms with E-state index in [1.165, 1.54) is 12.8 Å². The molecule has 0 aromatic heterocycles. The van der Waals surface area contributed by atoms with E-state index in [-0.39, 0.29) is 33.7 Å². The van der Waals surface area contributed by atoms with E-state index in [0.29, 0.717) is 18.1 Å². The van der Waals surface area contributed by atoms with Gasteiger partial charge in [-0.25, -0.2) is 0 Å². The van der Waals surface area contributed by atoms with Gasteiger partial charge in [-0.1, -0.05) is 13.8 Å². The van der Waals surface area contributed by atoms with Gasteiger partial charge in [-0.05, 0) is 92.4 Å². The molecule has 10 heteroatoms. The number of benzene rings is 1. The molecule has 0 amide bonds. The van der Waals surface area contributed by atoms with E-state index in [0.717, 1.165) is 38.9 Å². The molecule has 3 unspecified atom stereocenters. The Hall–Kier alpha value is -1.55. The lowest BCUT2D eigenvalue weighted by Crippen LogP contribution is -2.51. The number of hydrogen-bond acceptors (Lipinski definition) is 2. The van der Waals surface area contributed by atoms with Crippen LogP contribution in [0.2, 0.25) is 0 Å². The van der Waals surface area contributed by atoms with Gasteiger partial charge in [0.2, 0.25) is 0 Å². The van der Waals surface area contributed by atoms with E-state index < -0.39 is 23.5 Å². The molecule has 2 N–H and O–H groups in total. The number of nitrogens with zero attached hydrogens (tertiary/aromatic N) is 1. The van der Waals surface area contributed by atoms with Gasteiger partial charge < -0.3 is 15.5 Å². The third-order valence-electron chi connectivity index (χ3n) is 8.41. The largest absolute Gasteiger partial charge is 0.416 e. The number of rotatable bonds is 4. The third kappa shape index (κ3) is 4.57. The van der Waals surface area contributed by atoms with E-state index in [1.54, 1.807) is 0 Å². The number of fused-ring (bicyclic) bond motifs is 2. The Kier molecular flexibility index (Phi) is 6.17. The predicted molar refractivity (Wildman–Crippen MR) is 119 cm³/mol. The second-order valence-electron chi connectivity index (χ2n) is 10.2. The highest BCUT2D eigenvalue weighted by Gasteiger charge is 2.64. The first-order valence-corrected chi connectivity index (χ1v) is 11.7. The molecule has 1 heterocycles. The Morgan fingerprint density at radius 3 is 2.15 bits per heavy atom. The van der Waals surface area contributed by atoms with Crippen LogP contribution in [0.1, 0.15) is 57.1 Å². The summed E-state index contributed by atoms with van der Waals surface area (Å²) in [5.41, 5.74) is -3.04. The molecule has 4 rings (SSSR count). The molecule has 3 nitrogen and oxygen atoms in total. The minimum Gasteiger partial charge on any atom is -0.359 e. The summed E-state index contributed by atoms with van der Waals surface area (Å²) in [6, 6.07) is 1.44. The van der Waals surface area contributed by atoms with Crippen LogP contribution in [0.5, 0.6) is 0 Å². The van der Waals surface area contributed by atoms with Crippen LogP contribution in [0.25, 0.3) is 0 Å². The molecule has 184 valence electrons. The van der Waals surface area contributed by atoms with Crippen LogP contribution in [0.15, 0.2) is 18.2 Å². The van der Waals surface area contributed by atoms with Crippen LogP contribution in [0.4, 0.5) is 32.0 Å². The Morgan fingerprint density at radius 2 is 1.61 bits per heavy atom. The summed E-state index contributed by atoms with van der Waals surface area (Å²) in [4.78, 5) is 2.51. The monoisotopic (exact) mass is 493 g/mol. The number of thiocarbonyl (C=S) groups is 1. The van der Waals surface area contributed by atoms with Crippen LogP contribution in [-0.2, 0) is 12.4 Å². The van der Waals surface area contributed by atoms with Crippen LogP contribution < -0.4 is 10.6 Å². The lowest BCUT2D eigenvalue weighted by Gasteiger charge is -2.44. The maximum absolute atomic E-state index is 13.2. The first-order valence-electron chi connectivity index (χ1n) is 11.3. The Bertz CT molecular complexity index is 878. The van der Waals surface area contributed by atoms with Crippen molar-refractivity contribution in [2.24, 2.45) is 16.7 Å². The zero-order valence-corrected chi connectivity index (χ0v) is 19.5. The Labute approximate surface area is 195 Å². The van der Waals surface area contributed by atoms with Gasteiger partial charge in [0.05, 0.1) is 11.1 Å². The van der Waals surface area contributed by atoms with Gasteiger partial charge in [0.1, 0.15) is 0 Å². The molecule has 3 aliphatic rings. The lowest BCUT2D eigenvalue weighted by molar-refractivity contribution is -0.143. The fourth-order valence-corrected chi connectivity index (χ4v) is 6.59. The van der Waals surface area contributed by atoms with Gasteiger partial charge in [0.15, 0.2) is 5.11 Å². The first kappa shape index (κ1) is 24.6. The number of nitrogens with one attached hydrogen (secondary N) is 2. The topological polar surface area (TPSA) is 27.3 Å². The molecule has 0 spiro atoms. The molecule has 3 fully saturated rings. The SMILES string of the molecule is CC1(CN2CCCC2)C2CCC1(C)[C@@H](NC(=S)Nc1cc(C(F)(F)F)cc(C(F)(F)F)c1)C2. The van der Waals surface area contributed by atoms with Gasteiger partial charge in [0, 0.05) is 18.3 Å². The van der Waals surface area contributed by atoms with Crippen LogP contribution in [0, 0.1) is 16.7 Å². The minimum atomic E-state index is -4.90. The van der Waals surface area contributed by atoms with Crippen molar-refractivity contribution in [3.05, 3.63) is 29.3 Å². The molecule has 1 aliphatic heterocycles. The number of anilines is 1. The van der Waals surface area contributed by atoms with E-state index in [1.807, 2.05) is 0 Å². The summed E-state index contributed by atoms with van der Waals surface area (Å²) >= 11 is 5.33. The molecule has 1 saturated heterocycles. The molecule has 0 radical (unpaired) electrons. The highest BCUT2D eigenvalue weighted by molar-refractivity contribution is 7.80. The molecule has 1 aromatic carbocycles. The van der Waals surface area contributed by atoms with Gasteiger partial charge in [0.25, 0.3) is 0 Å². The average Bonchev–Trinajstić information content (AvgIpc) is 3.33. The fourth-order valence-electron chi connectivity index (χ4n) is 6.33. The van der Waals surface area contributed by atoms with E-state index in [4.69, 9.17) is 12.2 Å². The Balaban J connectivity index is 1.49. The fraction of sp³-hybridized carbons (Fsp3) is 0.696. The first-order chi connectivity index (χ1) is 15.2. The van der Waals surface area contributed by atoms with Crippen molar-refractivity contribution in [2.75, 3.05) is 25.0 Å². The zero-order chi connectivity index (χ0) is 24.2. The molecule has 2 bridgehead atoms. The molecule has 1 aromatic rings. The lowest BCUT2D eigenvalue weighted by atomic mass is 9.67. The second-order valence-corrected chi connectivity index (χ2v) is 10.6. The molecular formula is C23H29F6N3S. The van der Waals surface area contributed by atoms with Crippen molar-refractivity contribution in [1.29, 1.82) is 0 Å². The summed E-state index contributed by atoms with van der Waals surface area (Å²) in [7, 11) is 0. The number of alkyl halides is 6. The highest BCUT2D eigenvalue weighted by Crippen LogP contribution is 2.66. The third-order valence-corrected chi connectivity index (χ3v) is 8.63. The van der Waals surface area contributed by atoms with Crippen LogP contribution in [-0.4, -0.2) is 35.7 Å². The van der Waals surface area contributed by atoms with E-state index in [9.17, 15) is 26.3 Å². The normalized spacial score (nSPS) is 32.4. The molecule has 33 heavy (non-hydrogen) atoms. The standard InChI is InChI=1S/C23H29F6N3S/c1-20-6-5-14(21(20,2)13-32-7-3-4-8-32)12-18(20)31-19(33)30-17-10-15(22(24,25)26)9-16(11-17)23(27,28)29/h9-11,14,18H,3-8,12-13H2,1-2H3,(H2,30,31,33)/t14?,18-,20?,21?/m0/s1.